The van der Waals surface area contributed by atoms with Gasteiger partial charge in [-0.2, -0.15) is 5.26 Å². The quantitative estimate of drug-likeness (QED) is 0.817. The van der Waals surface area contributed by atoms with E-state index in [0.717, 1.165) is 19.5 Å². The Hall–Kier alpha value is -1.53. The summed E-state index contributed by atoms with van der Waals surface area (Å²) in [5.41, 5.74) is 2.74. The predicted molar refractivity (Wildman–Crippen MR) is 72.6 cm³/mol. The summed E-state index contributed by atoms with van der Waals surface area (Å²) in [6.45, 7) is 6.60. The van der Waals surface area contributed by atoms with Crippen molar-refractivity contribution >= 4 is 5.69 Å². The minimum absolute atomic E-state index is 0.317. The maximum Gasteiger partial charge on any atom is 0.141 e. The third-order valence-corrected chi connectivity index (χ3v) is 3.34. The van der Waals surface area contributed by atoms with Crippen LogP contribution in [0.2, 0.25) is 0 Å². The van der Waals surface area contributed by atoms with Crippen molar-refractivity contribution in [2.75, 3.05) is 24.6 Å². The summed E-state index contributed by atoms with van der Waals surface area (Å²) in [7, 11) is 0. The Kier molecular flexibility index (Phi) is 4.22. The molecule has 2 unspecified atom stereocenters. The zero-order chi connectivity index (χ0) is 13.0. The highest BCUT2D eigenvalue weighted by Gasteiger charge is 2.20. The Morgan fingerprint density at radius 3 is 3.06 bits per heavy atom. The number of anilines is 1. The molecule has 1 aromatic carbocycles. The molecule has 1 aliphatic heterocycles. The molecule has 96 valence electrons. The third kappa shape index (κ3) is 3.02. The lowest BCUT2D eigenvalue weighted by Gasteiger charge is -2.34. The molecule has 0 saturated heterocycles. The van der Waals surface area contributed by atoms with E-state index >= 15 is 0 Å². The number of nitrogens with zero attached hydrogens (tertiary/aromatic N) is 2. The van der Waals surface area contributed by atoms with Crippen molar-refractivity contribution in [1.82, 2.24) is 0 Å². The summed E-state index contributed by atoms with van der Waals surface area (Å²) < 4.78 is 5.44. The van der Waals surface area contributed by atoms with Crippen molar-refractivity contribution in [1.29, 1.82) is 5.26 Å². The van der Waals surface area contributed by atoms with E-state index in [9.17, 15) is 0 Å². The fourth-order valence-corrected chi connectivity index (χ4v) is 2.50. The largest absolute Gasteiger partial charge is 0.369 e. The second kappa shape index (κ2) is 5.88. The molecular weight excluding hydrogens is 224 g/mol. The molecule has 0 radical (unpaired) electrons. The van der Waals surface area contributed by atoms with Crippen LogP contribution in [0.5, 0.6) is 0 Å². The summed E-state index contributed by atoms with van der Waals surface area (Å²) in [5, 5.41) is 8.68. The molecule has 0 spiro atoms. The molecule has 1 heterocycles. The lowest BCUT2D eigenvalue weighted by Crippen LogP contribution is -2.37. The molecule has 2 rings (SSSR count). The molecule has 1 aromatic rings. The van der Waals surface area contributed by atoms with Gasteiger partial charge < -0.3 is 9.64 Å². The van der Waals surface area contributed by atoms with Crippen molar-refractivity contribution in [3.05, 3.63) is 29.8 Å². The van der Waals surface area contributed by atoms with Crippen LogP contribution in [0, 0.1) is 17.2 Å². The molecule has 18 heavy (non-hydrogen) atoms. The zero-order valence-corrected chi connectivity index (χ0v) is 11.1. The van der Waals surface area contributed by atoms with Gasteiger partial charge in [0.1, 0.15) is 6.10 Å². The SMILES string of the molecule is CC1Cc2ccccc2N(CCOC(C)C#N)C1. The Labute approximate surface area is 109 Å². The van der Waals surface area contributed by atoms with Crippen LogP contribution < -0.4 is 4.90 Å². The minimum Gasteiger partial charge on any atom is -0.369 e. The van der Waals surface area contributed by atoms with Gasteiger partial charge in [0.15, 0.2) is 0 Å². The van der Waals surface area contributed by atoms with Crippen molar-refractivity contribution in [3.63, 3.8) is 0 Å². The van der Waals surface area contributed by atoms with Crippen LogP contribution in [0.25, 0.3) is 0 Å². The molecule has 0 aromatic heterocycles. The minimum atomic E-state index is -0.317. The topological polar surface area (TPSA) is 36.3 Å². The smallest absolute Gasteiger partial charge is 0.141 e. The van der Waals surface area contributed by atoms with E-state index < -0.39 is 0 Å². The normalized spacial score (nSPS) is 20.1. The fourth-order valence-electron chi connectivity index (χ4n) is 2.50. The van der Waals surface area contributed by atoms with E-state index in [0.29, 0.717) is 12.5 Å². The molecule has 0 aliphatic carbocycles. The number of fused-ring (bicyclic) bond motifs is 1. The summed E-state index contributed by atoms with van der Waals surface area (Å²) in [4.78, 5) is 2.37. The van der Waals surface area contributed by atoms with Crippen LogP contribution in [-0.4, -0.2) is 25.8 Å². The van der Waals surface area contributed by atoms with Gasteiger partial charge in [-0.3, -0.25) is 0 Å². The Balaban J connectivity index is 1.99. The van der Waals surface area contributed by atoms with Crippen molar-refractivity contribution in [2.45, 2.75) is 26.4 Å². The predicted octanol–water partition coefficient (Wildman–Crippen LogP) is 2.61. The van der Waals surface area contributed by atoms with Crippen molar-refractivity contribution in [2.24, 2.45) is 5.92 Å². The molecule has 2 atom stereocenters. The van der Waals surface area contributed by atoms with Gasteiger partial charge in [0.05, 0.1) is 12.7 Å². The monoisotopic (exact) mass is 244 g/mol. The second-order valence-electron chi connectivity index (χ2n) is 5.03. The first-order valence-corrected chi connectivity index (χ1v) is 6.54. The molecule has 0 saturated carbocycles. The second-order valence-corrected chi connectivity index (χ2v) is 5.03. The number of nitriles is 1. The van der Waals surface area contributed by atoms with E-state index in [4.69, 9.17) is 10.00 Å². The summed E-state index contributed by atoms with van der Waals surface area (Å²) >= 11 is 0. The van der Waals surface area contributed by atoms with Crippen LogP contribution in [-0.2, 0) is 11.2 Å². The van der Waals surface area contributed by atoms with Crippen LogP contribution in [0.15, 0.2) is 24.3 Å². The number of benzene rings is 1. The Morgan fingerprint density at radius 2 is 2.28 bits per heavy atom. The summed E-state index contributed by atoms with van der Waals surface area (Å²) in [6.07, 6.45) is 0.838. The first-order valence-electron chi connectivity index (χ1n) is 6.54. The fraction of sp³-hybridized carbons (Fsp3) is 0.533. The molecule has 3 heteroatoms. The first-order chi connectivity index (χ1) is 8.70. The molecule has 0 fully saturated rings. The Morgan fingerprint density at radius 1 is 1.50 bits per heavy atom. The van der Waals surface area contributed by atoms with Crippen LogP contribution >= 0.6 is 0 Å². The van der Waals surface area contributed by atoms with Crippen molar-refractivity contribution < 1.29 is 4.74 Å². The van der Waals surface area contributed by atoms with Gasteiger partial charge in [0.25, 0.3) is 0 Å². The van der Waals surface area contributed by atoms with Gasteiger partial charge in [-0.25, -0.2) is 0 Å². The lowest BCUT2D eigenvalue weighted by molar-refractivity contribution is 0.107. The van der Waals surface area contributed by atoms with Crippen LogP contribution in [0.1, 0.15) is 19.4 Å². The van der Waals surface area contributed by atoms with E-state index in [1.54, 1.807) is 6.92 Å². The van der Waals surface area contributed by atoms with Crippen molar-refractivity contribution in [3.8, 4) is 6.07 Å². The number of rotatable bonds is 4. The molecule has 3 nitrogen and oxygen atoms in total. The average Bonchev–Trinajstić information content (AvgIpc) is 2.38. The number of para-hydroxylation sites is 1. The maximum absolute atomic E-state index is 8.68. The zero-order valence-electron chi connectivity index (χ0n) is 11.1. The van der Waals surface area contributed by atoms with E-state index in [1.165, 1.54) is 11.3 Å². The lowest BCUT2D eigenvalue weighted by atomic mass is 9.94. The number of hydrogen-bond donors (Lipinski definition) is 0. The first kappa shape index (κ1) is 12.9. The molecular formula is C15H20N2O. The average molecular weight is 244 g/mol. The molecule has 0 bridgehead atoms. The summed E-state index contributed by atoms with van der Waals surface area (Å²) in [6, 6.07) is 10.7. The summed E-state index contributed by atoms with van der Waals surface area (Å²) in [5.74, 6) is 0.674. The van der Waals surface area contributed by atoms with Crippen LogP contribution in [0.4, 0.5) is 5.69 Å². The molecule has 1 aliphatic rings. The van der Waals surface area contributed by atoms with E-state index in [2.05, 4.69) is 42.2 Å². The molecule has 0 amide bonds. The standard InChI is InChI=1S/C15H20N2O/c1-12-9-14-5-3-4-6-15(14)17(11-12)7-8-18-13(2)10-16/h3-6,12-13H,7-9,11H2,1-2H3. The van der Waals surface area contributed by atoms with Gasteiger partial charge in [-0.1, -0.05) is 25.1 Å². The van der Waals surface area contributed by atoms with E-state index in [1.807, 2.05) is 0 Å². The van der Waals surface area contributed by atoms with Gasteiger partial charge in [0.2, 0.25) is 0 Å². The van der Waals surface area contributed by atoms with E-state index in [-0.39, 0.29) is 6.10 Å². The third-order valence-electron chi connectivity index (χ3n) is 3.34. The highest BCUT2D eigenvalue weighted by Crippen LogP contribution is 2.28. The van der Waals surface area contributed by atoms with Gasteiger partial charge in [0, 0.05) is 18.8 Å². The maximum atomic E-state index is 8.68. The van der Waals surface area contributed by atoms with Gasteiger partial charge in [-0.15, -0.1) is 0 Å². The van der Waals surface area contributed by atoms with Gasteiger partial charge >= 0.3 is 0 Å². The van der Waals surface area contributed by atoms with Gasteiger partial charge in [-0.05, 0) is 30.9 Å². The van der Waals surface area contributed by atoms with Crippen LogP contribution in [0.3, 0.4) is 0 Å². The number of hydrogen-bond acceptors (Lipinski definition) is 3. The molecule has 0 N–H and O–H groups in total. The number of ether oxygens (including phenoxy) is 1. The highest BCUT2D eigenvalue weighted by atomic mass is 16.5. The highest BCUT2D eigenvalue weighted by molar-refractivity contribution is 5.55. The Bertz CT molecular complexity index is 438.